The van der Waals surface area contributed by atoms with Gasteiger partial charge in [0, 0.05) is 18.8 Å². The van der Waals surface area contributed by atoms with Gasteiger partial charge in [-0.25, -0.2) is 0 Å². The van der Waals surface area contributed by atoms with Crippen molar-refractivity contribution in [3.05, 3.63) is 65.2 Å². The third-order valence-electron chi connectivity index (χ3n) is 4.31. The van der Waals surface area contributed by atoms with E-state index in [-0.39, 0.29) is 0 Å². The summed E-state index contributed by atoms with van der Waals surface area (Å²) >= 11 is 0. The maximum atomic E-state index is 3.24. The molecule has 2 heteroatoms. The molecule has 0 atom stereocenters. The first-order valence-corrected chi connectivity index (χ1v) is 7.92. The van der Waals surface area contributed by atoms with Gasteiger partial charge in [-0.15, -0.1) is 0 Å². The number of benzene rings is 2. The normalized spacial score (nSPS) is 13.5. The van der Waals surface area contributed by atoms with Crippen molar-refractivity contribution < 1.29 is 0 Å². The van der Waals surface area contributed by atoms with E-state index < -0.39 is 0 Å². The zero-order valence-corrected chi connectivity index (χ0v) is 12.8. The van der Waals surface area contributed by atoms with E-state index in [0.717, 1.165) is 19.6 Å². The Labute approximate surface area is 127 Å². The summed E-state index contributed by atoms with van der Waals surface area (Å²) in [5, 5.41) is 3.24. The van der Waals surface area contributed by atoms with Crippen molar-refractivity contribution in [3.63, 3.8) is 0 Å². The van der Waals surface area contributed by atoms with Gasteiger partial charge in [0.15, 0.2) is 0 Å². The van der Waals surface area contributed by atoms with E-state index in [4.69, 9.17) is 0 Å². The molecule has 0 fully saturated rings. The molecule has 0 saturated carbocycles. The smallest absolute Gasteiger partial charge is 0.0429 e. The maximum absolute atomic E-state index is 3.24. The molecule has 2 aromatic rings. The number of aryl methyl sites for hydroxylation is 1. The summed E-state index contributed by atoms with van der Waals surface area (Å²) in [6.45, 7) is 3.26. The lowest BCUT2D eigenvalue weighted by Gasteiger charge is -2.20. The van der Waals surface area contributed by atoms with Crippen LogP contribution in [0.5, 0.6) is 0 Å². The van der Waals surface area contributed by atoms with Gasteiger partial charge in [0.25, 0.3) is 0 Å². The average Bonchev–Trinajstić information content (AvgIpc) is 2.93. The van der Waals surface area contributed by atoms with Crippen molar-refractivity contribution in [1.29, 1.82) is 0 Å². The Morgan fingerprint density at radius 1 is 1.05 bits per heavy atom. The predicted octanol–water partition coefficient (Wildman–Crippen LogP) is 3.40. The van der Waals surface area contributed by atoms with Gasteiger partial charge in [0.1, 0.15) is 0 Å². The summed E-state index contributed by atoms with van der Waals surface area (Å²) in [6, 6.07) is 17.6. The molecule has 2 nitrogen and oxygen atoms in total. The number of nitrogens with zero attached hydrogens (tertiary/aromatic N) is 1. The number of hydrogen-bond donors (Lipinski definition) is 1. The SMILES string of the molecule is CNCCCc1cccc2c1CCN2Cc1ccccc1. The molecule has 1 heterocycles. The zero-order valence-electron chi connectivity index (χ0n) is 12.8. The first-order valence-electron chi connectivity index (χ1n) is 7.92. The Bertz CT molecular complexity index is 577. The molecule has 0 saturated heterocycles. The molecule has 21 heavy (non-hydrogen) atoms. The number of hydrogen-bond acceptors (Lipinski definition) is 2. The summed E-state index contributed by atoms with van der Waals surface area (Å²) in [5.74, 6) is 0. The van der Waals surface area contributed by atoms with Gasteiger partial charge in [-0.05, 0) is 55.6 Å². The molecule has 1 aliphatic rings. The minimum atomic E-state index is 1.02. The second kappa shape index (κ2) is 6.77. The van der Waals surface area contributed by atoms with Gasteiger partial charge in [-0.3, -0.25) is 0 Å². The Hall–Kier alpha value is -1.80. The fourth-order valence-corrected chi connectivity index (χ4v) is 3.23. The summed E-state index contributed by atoms with van der Waals surface area (Å²) < 4.78 is 0. The van der Waals surface area contributed by atoms with Gasteiger partial charge >= 0.3 is 0 Å². The predicted molar refractivity (Wildman–Crippen MR) is 89.9 cm³/mol. The molecule has 0 bridgehead atoms. The van der Waals surface area contributed by atoms with Crippen LogP contribution in [0.15, 0.2) is 48.5 Å². The topological polar surface area (TPSA) is 15.3 Å². The van der Waals surface area contributed by atoms with Crippen LogP contribution in [0.3, 0.4) is 0 Å². The molecule has 110 valence electrons. The fourth-order valence-electron chi connectivity index (χ4n) is 3.23. The van der Waals surface area contributed by atoms with E-state index in [0.29, 0.717) is 0 Å². The minimum absolute atomic E-state index is 1.02. The van der Waals surface area contributed by atoms with Crippen molar-refractivity contribution in [2.45, 2.75) is 25.8 Å². The summed E-state index contributed by atoms with van der Waals surface area (Å²) in [5.41, 5.74) is 5.95. The van der Waals surface area contributed by atoms with Crippen LogP contribution < -0.4 is 10.2 Å². The Balaban J connectivity index is 1.74. The van der Waals surface area contributed by atoms with E-state index >= 15 is 0 Å². The summed E-state index contributed by atoms with van der Waals surface area (Å²) in [4.78, 5) is 2.52. The third kappa shape index (κ3) is 3.27. The van der Waals surface area contributed by atoms with Crippen LogP contribution in [0.2, 0.25) is 0 Å². The van der Waals surface area contributed by atoms with Gasteiger partial charge in [-0.1, -0.05) is 42.5 Å². The average molecular weight is 280 g/mol. The van der Waals surface area contributed by atoms with E-state index in [1.807, 2.05) is 7.05 Å². The molecular weight excluding hydrogens is 256 g/mol. The fraction of sp³-hybridized carbons (Fsp3) is 0.368. The molecule has 0 unspecified atom stereocenters. The quantitative estimate of drug-likeness (QED) is 0.816. The molecule has 0 amide bonds. The summed E-state index contributed by atoms with van der Waals surface area (Å²) in [7, 11) is 2.02. The monoisotopic (exact) mass is 280 g/mol. The van der Waals surface area contributed by atoms with Crippen LogP contribution in [0, 0.1) is 0 Å². The highest BCUT2D eigenvalue weighted by atomic mass is 15.1. The van der Waals surface area contributed by atoms with Crippen molar-refractivity contribution in [2.24, 2.45) is 0 Å². The van der Waals surface area contributed by atoms with Crippen molar-refractivity contribution >= 4 is 5.69 Å². The number of rotatable bonds is 6. The van der Waals surface area contributed by atoms with Crippen LogP contribution in [0.25, 0.3) is 0 Å². The summed E-state index contributed by atoms with van der Waals surface area (Å²) in [6.07, 6.45) is 3.59. The second-order valence-electron chi connectivity index (χ2n) is 5.78. The highest BCUT2D eigenvalue weighted by molar-refractivity contribution is 5.61. The second-order valence-corrected chi connectivity index (χ2v) is 5.78. The van der Waals surface area contributed by atoms with Crippen LogP contribution in [-0.4, -0.2) is 20.1 Å². The molecule has 0 radical (unpaired) electrons. The van der Waals surface area contributed by atoms with Gasteiger partial charge < -0.3 is 10.2 Å². The van der Waals surface area contributed by atoms with Crippen LogP contribution >= 0.6 is 0 Å². The van der Waals surface area contributed by atoms with Crippen LogP contribution in [-0.2, 0) is 19.4 Å². The standard InChI is InChI=1S/C19H24N2/c1-20-13-6-10-17-9-5-11-19-18(17)12-14-21(19)15-16-7-3-2-4-8-16/h2-5,7-9,11,20H,6,10,12-15H2,1H3. The van der Waals surface area contributed by atoms with Crippen molar-refractivity contribution in [2.75, 3.05) is 25.0 Å². The van der Waals surface area contributed by atoms with E-state index in [1.54, 1.807) is 11.1 Å². The van der Waals surface area contributed by atoms with Gasteiger partial charge in [-0.2, -0.15) is 0 Å². The Kier molecular flexibility index (Phi) is 4.56. The molecule has 0 aliphatic carbocycles. The zero-order chi connectivity index (χ0) is 14.5. The Morgan fingerprint density at radius 3 is 2.71 bits per heavy atom. The van der Waals surface area contributed by atoms with E-state index in [2.05, 4.69) is 58.7 Å². The molecule has 3 rings (SSSR count). The number of anilines is 1. The molecule has 2 aromatic carbocycles. The number of nitrogens with one attached hydrogen (secondary N) is 1. The maximum Gasteiger partial charge on any atom is 0.0429 e. The van der Waals surface area contributed by atoms with Gasteiger partial charge in [0.05, 0.1) is 0 Å². The largest absolute Gasteiger partial charge is 0.367 e. The lowest BCUT2D eigenvalue weighted by Crippen LogP contribution is -2.19. The lowest BCUT2D eigenvalue weighted by molar-refractivity contribution is 0.722. The lowest BCUT2D eigenvalue weighted by atomic mass is 10.0. The van der Waals surface area contributed by atoms with E-state index in [9.17, 15) is 0 Å². The van der Waals surface area contributed by atoms with Crippen LogP contribution in [0.4, 0.5) is 5.69 Å². The molecular formula is C19H24N2. The number of fused-ring (bicyclic) bond motifs is 1. The molecule has 1 aliphatic heterocycles. The first-order chi connectivity index (χ1) is 10.4. The third-order valence-corrected chi connectivity index (χ3v) is 4.31. The van der Waals surface area contributed by atoms with Crippen molar-refractivity contribution in [1.82, 2.24) is 5.32 Å². The highest BCUT2D eigenvalue weighted by Crippen LogP contribution is 2.32. The molecule has 1 N–H and O–H groups in total. The van der Waals surface area contributed by atoms with E-state index in [1.165, 1.54) is 30.5 Å². The molecule has 0 spiro atoms. The molecule has 0 aromatic heterocycles. The Morgan fingerprint density at radius 2 is 1.90 bits per heavy atom. The van der Waals surface area contributed by atoms with Crippen molar-refractivity contribution in [3.8, 4) is 0 Å². The van der Waals surface area contributed by atoms with Gasteiger partial charge in [0.2, 0.25) is 0 Å². The van der Waals surface area contributed by atoms with Crippen LogP contribution in [0.1, 0.15) is 23.1 Å². The minimum Gasteiger partial charge on any atom is -0.367 e. The highest BCUT2D eigenvalue weighted by Gasteiger charge is 2.21. The first kappa shape index (κ1) is 14.2.